The molecule has 0 radical (unpaired) electrons. The molecule has 0 heterocycles. The molecule has 10 heteroatoms. The van der Waals surface area contributed by atoms with Crippen LogP contribution in [0.1, 0.15) is 76.0 Å². The van der Waals surface area contributed by atoms with E-state index in [1.54, 1.807) is 24.3 Å². The summed E-state index contributed by atoms with van der Waals surface area (Å²) >= 11 is 0. The highest BCUT2D eigenvalue weighted by atomic mass is 16.6. The molecular formula is C39H42N2O8. The zero-order valence-corrected chi connectivity index (χ0v) is 28.2. The van der Waals surface area contributed by atoms with Gasteiger partial charge in [0.25, 0.3) is 0 Å². The molecule has 0 saturated carbocycles. The molecule has 1 amide bonds. The molecule has 0 bridgehead atoms. The third-order valence-corrected chi connectivity index (χ3v) is 8.62. The van der Waals surface area contributed by atoms with Gasteiger partial charge in [0, 0.05) is 18.8 Å². The number of Topliss-reactive ketones (excluding diaryl/α,β-unsaturated/α-hetero) is 1. The van der Waals surface area contributed by atoms with Gasteiger partial charge >= 0.3 is 18.0 Å². The summed E-state index contributed by atoms with van der Waals surface area (Å²) in [4.78, 5) is 55.0. The van der Waals surface area contributed by atoms with Crippen molar-refractivity contribution in [1.82, 2.24) is 5.32 Å². The van der Waals surface area contributed by atoms with Gasteiger partial charge < -0.3 is 25.0 Å². The van der Waals surface area contributed by atoms with E-state index in [-0.39, 0.29) is 42.0 Å². The number of nitrogens with zero attached hydrogens (tertiary/aromatic N) is 1. The second-order valence-electron chi connectivity index (χ2n) is 13.8. The van der Waals surface area contributed by atoms with E-state index in [4.69, 9.17) is 14.5 Å². The SMILES string of the molecule is CC(C)CC(=Nc1ccc(COC(=O)C(CC(=O)O)NC(=O)OCC2c3ccccc3-c3ccccc32)cc1)C1=C(O)CC(C)(C)CC1=O. The van der Waals surface area contributed by atoms with E-state index in [0.29, 0.717) is 41.8 Å². The van der Waals surface area contributed by atoms with Crippen molar-refractivity contribution in [2.75, 3.05) is 6.61 Å². The zero-order valence-electron chi connectivity index (χ0n) is 28.2. The maximum absolute atomic E-state index is 13.0. The molecule has 5 rings (SSSR count). The van der Waals surface area contributed by atoms with Crippen LogP contribution in [0.3, 0.4) is 0 Å². The van der Waals surface area contributed by atoms with E-state index in [0.717, 1.165) is 22.3 Å². The van der Waals surface area contributed by atoms with Crippen molar-refractivity contribution in [1.29, 1.82) is 0 Å². The van der Waals surface area contributed by atoms with E-state index >= 15 is 0 Å². The van der Waals surface area contributed by atoms with Crippen LogP contribution < -0.4 is 5.32 Å². The number of aliphatic hydroxyl groups is 1. The van der Waals surface area contributed by atoms with Crippen molar-refractivity contribution < 1.29 is 38.9 Å². The number of nitrogens with one attached hydrogen (secondary N) is 1. The monoisotopic (exact) mass is 666 g/mol. The number of hydrogen-bond acceptors (Lipinski definition) is 8. The molecule has 0 saturated heterocycles. The van der Waals surface area contributed by atoms with Gasteiger partial charge in [-0.1, -0.05) is 88.4 Å². The summed E-state index contributed by atoms with van der Waals surface area (Å²) in [5.41, 5.74) is 5.84. The minimum atomic E-state index is -1.46. The number of aliphatic imine (C=N–C) groups is 1. The minimum absolute atomic E-state index is 0.00542. The molecule has 1 atom stereocenters. The highest BCUT2D eigenvalue weighted by Gasteiger charge is 2.35. The van der Waals surface area contributed by atoms with Gasteiger partial charge in [0.15, 0.2) is 5.78 Å². The van der Waals surface area contributed by atoms with Crippen molar-refractivity contribution in [3.05, 3.63) is 101 Å². The average molecular weight is 667 g/mol. The smallest absolute Gasteiger partial charge is 0.407 e. The summed E-state index contributed by atoms with van der Waals surface area (Å²) in [5, 5.41) is 22.5. The number of carboxylic acids is 1. The summed E-state index contributed by atoms with van der Waals surface area (Å²) in [6.45, 7) is 7.76. The molecule has 3 aromatic carbocycles. The van der Waals surface area contributed by atoms with E-state index in [1.165, 1.54) is 0 Å². The van der Waals surface area contributed by atoms with E-state index < -0.39 is 30.5 Å². The Morgan fingerprint density at radius 3 is 2.08 bits per heavy atom. The molecule has 0 spiro atoms. The molecule has 2 aliphatic rings. The first-order chi connectivity index (χ1) is 23.3. The minimum Gasteiger partial charge on any atom is -0.511 e. The zero-order chi connectivity index (χ0) is 35.3. The van der Waals surface area contributed by atoms with Crippen LogP contribution in [0.15, 0.2) is 89.1 Å². The van der Waals surface area contributed by atoms with E-state index in [9.17, 15) is 29.4 Å². The second-order valence-corrected chi connectivity index (χ2v) is 13.8. The first kappa shape index (κ1) is 35.1. The first-order valence-electron chi connectivity index (χ1n) is 16.4. The van der Waals surface area contributed by atoms with Crippen LogP contribution in [0.2, 0.25) is 0 Å². The number of aliphatic carboxylic acids is 1. The molecular weight excluding hydrogens is 624 g/mol. The van der Waals surface area contributed by atoms with Crippen molar-refractivity contribution in [3.8, 4) is 11.1 Å². The Morgan fingerprint density at radius 2 is 1.51 bits per heavy atom. The number of esters is 1. The number of ether oxygens (including phenoxy) is 2. The maximum atomic E-state index is 13.0. The molecule has 256 valence electrons. The summed E-state index contributed by atoms with van der Waals surface area (Å²) in [6, 6.07) is 21.1. The van der Waals surface area contributed by atoms with Crippen molar-refractivity contribution in [2.45, 2.75) is 71.9 Å². The van der Waals surface area contributed by atoms with Gasteiger partial charge in [-0.2, -0.15) is 0 Å². The Morgan fingerprint density at radius 1 is 0.898 bits per heavy atom. The Labute approximate surface area is 285 Å². The van der Waals surface area contributed by atoms with Gasteiger partial charge in [0.1, 0.15) is 25.0 Å². The average Bonchev–Trinajstić information content (AvgIpc) is 3.35. The maximum Gasteiger partial charge on any atom is 0.407 e. The van der Waals surface area contributed by atoms with Crippen LogP contribution in [0.25, 0.3) is 11.1 Å². The van der Waals surface area contributed by atoms with Crippen molar-refractivity contribution >= 4 is 35.2 Å². The number of hydrogen-bond donors (Lipinski definition) is 3. The fourth-order valence-corrected chi connectivity index (χ4v) is 6.43. The number of carboxylic acid groups (broad SMARTS) is 1. The molecule has 1 unspecified atom stereocenters. The number of allylic oxidation sites excluding steroid dienone is 2. The summed E-state index contributed by atoms with van der Waals surface area (Å²) in [7, 11) is 0. The number of rotatable bonds is 12. The predicted octanol–water partition coefficient (Wildman–Crippen LogP) is 7.43. The van der Waals surface area contributed by atoms with Gasteiger partial charge in [-0.05, 0) is 57.7 Å². The Kier molecular flexibility index (Phi) is 10.7. The summed E-state index contributed by atoms with van der Waals surface area (Å²) in [6.07, 6.45) is -0.382. The fraction of sp³-hybridized carbons (Fsp3) is 0.359. The lowest BCUT2D eigenvalue weighted by atomic mass is 9.75. The molecule has 10 nitrogen and oxygen atoms in total. The van der Waals surface area contributed by atoms with Gasteiger partial charge in [0.2, 0.25) is 0 Å². The van der Waals surface area contributed by atoms with Crippen LogP contribution in [0.5, 0.6) is 0 Å². The second kappa shape index (κ2) is 14.9. The van der Waals surface area contributed by atoms with Gasteiger partial charge in [-0.15, -0.1) is 0 Å². The number of ketones is 1. The van der Waals surface area contributed by atoms with Crippen LogP contribution in [0.4, 0.5) is 10.5 Å². The number of amides is 1. The van der Waals surface area contributed by atoms with Crippen LogP contribution in [0, 0.1) is 11.3 Å². The van der Waals surface area contributed by atoms with Gasteiger partial charge in [-0.25, -0.2) is 9.59 Å². The van der Waals surface area contributed by atoms with Gasteiger partial charge in [0.05, 0.1) is 23.4 Å². The number of carbonyl (C=O) groups is 4. The predicted molar refractivity (Wildman–Crippen MR) is 185 cm³/mol. The number of benzene rings is 3. The molecule has 0 aliphatic heterocycles. The van der Waals surface area contributed by atoms with Crippen molar-refractivity contribution in [2.24, 2.45) is 16.3 Å². The highest BCUT2D eigenvalue weighted by Crippen LogP contribution is 2.44. The normalized spacial score (nSPS) is 16.2. The third-order valence-electron chi connectivity index (χ3n) is 8.62. The molecule has 3 N–H and O–H groups in total. The quantitative estimate of drug-likeness (QED) is 0.133. The highest BCUT2D eigenvalue weighted by molar-refractivity contribution is 6.23. The van der Waals surface area contributed by atoms with E-state index in [2.05, 4.69) is 5.32 Å². The molecule has 2 aliphatic carbocycles. The standard InChI is InChI=1S/C39H42N2O8/c1-23(2)17-31(36-33(42)19-39(3,4)20-34(36)43)40-25-15-13-24(14-16-25)21-48-37(46)32(18-35(44)45)41-38(47)49-22-30-28-11-7-5-9-26(28)27-10-6-8-12-29(27)30/h5-16,23,30,32,42H,17-22H2,1-4H3,(H,41,47)(H,44,45). The summed E-state index contributed by atoms with van der Waals surface area (Å²) < 4.78 is 10.9. The number of carbonyl (C=O) groups excluding carboxylic acids is 3. The largest absolute Gasteiger partial charge is 0.511 e. The Balaban J connectivity index is 1.21. The lowest BCUT2D eigenvalue weighted by Gasteiger charge is -2.30. The lowest BCUT2D eigenvalue weighted by Crippen LogP contribution is -2.43. The number of fused-ring (bicyclic) bond motifs is 3. The molecule has 3 aromatic rings. The lowest BCUT2D eigenvalue weighted by molar-refractivity contribution is -0.151. The fourth-order valence-electron chi connectivity index (χ4n) is 6.43. The third kappa shape index (κ3) is 8.62. The van der Waals surface area contributed by atoms with Crippen LogP contribution >= 0.6 is 0 Å². The Hall–Kier alpha value is -5.25. The van der Waals surface area contributed by atoms with Crippen LogP contribution in [-0.2, 0) is 30.5 Å². The number of aliphatic hydroxyl groups excluding tert-OH is 1. The Bertz CT molecular complexity index is 1760. The molecule has 49 heavy (non-hydrogen) atoms. The van der Waals surface area contributed by atoms with E-state index in [1.807, 2.05) is 76.2 Å². The summed E-state index contributed by atoms with van der Waals surface area (Å²) in [5.74, 6) is -2.28. The van der Waals surface area contributed by atoms with Crippen LogP contribution in [-0.4, -0.2) is 52.4 Å². The van der Waals surface area contributed by atoms with Gasteiger partial charge in [-0.3, -0.25) is 14.6 Å². The molecule has 0 fully saturated rings. The first-order valence-corrected chi connectivity index (χ1v) is 16.4. The molecule has 0 aromatic heterocycles. The topological polar surface area (TPSA) is 152 Å². The number of alkyl carbamates (subject to hydrolysis) is 1. The van der Waals surface area contributed by atoms with Crippen molar-refractivity contribution in [3.63, 3.8) is 0 Å².